The molecule has 0 unspecified atom stereocenters. The largest absolute Gasteiger partial charge is 0.465 e. The summed E-state index contributed by atoms with van der Waals surface area (Å²) < 4.78 is 10.2. The van der Waals surface area contributed by atoms with Crippen LogP contribution in [0, 0.1) is 10.1 Å². The lowest BCUT2D eigenvalue weighted by molar-refractivity contribution is -0.380. The molecule has 0 aliphatic carbocycles. The molecular weight excluding hydrogens is 308 g/mol. The number of carbonyl (C=O) groups excluding carboxylic acids is 1. The van der Waals surface area contributed by atoms with Gasteiger partial charge in [0.1, 0.15) is 6.04 Å². The van der Waals surface area contributed by atoms with E-state index in [9.17, 15) is 14.9 Å². The van der Waals surface area contributed by atoms with E-state index >= 15 is 0 Å². The molecule has 7 nitrogen and oxygen atoms in total. The molecule has 0 amide bonds. The molecule has 8 heteroatoms. The second-order valence-corrected chi connectivity index (χ2v) is 5.63. The van der Waals surface area contributed by atoms with Crippen LogP contribution in [0.2, 0.25) is 0 Å². The summed E-state index contributed by atoms with van der Waals surface area (Å²) in [6, 6.07) is 1.03. The fourth-order valence-corrected chi connectivity index (χ4v) is 2.85. The lowest BCUT2D eigenvalue weighted by Gasteiger charge is -2.29. The van der Waals surface area contributed by atoms with E-state index in [-0.39, 0.29) is 17.6 Å². The third-order valence-corrected chi connectivity index (χ3v) is 3.97. The van der Waals surface area contributed by atoms with Crippen LogP contribution in [0.5, 0.6) is 0 Å². The van der Waals surface area contributed by atoms with Crippen molar-refractivity contribution in [3.63, 3.8) is 0 Å². The minimum absolute atomic E-state index is 0.103. The quantitative estimate of drug-likeness (QED) is 0.372. The van der Waals surface area contributed by atoms with E-state index in [1.165, 1.54) is 7.11 Å². The van der Waals surface area contributed by atoms with Crippen LogP contribution < -0.4 is 0 Å². The van der Waals surface area contributed by atoms with Crippen LogP contribution in [0.4, 0.5) is 5.00 Å². The highest BCUT2D eigenvalue weighted by Crippen LogP contribution is 2.24. The minimum Gasteiger partial charge on any atom is -0.465 e. The van der Waals surface area contributed by atoms with E-state index in [1.54, 1.807) is 18.4 Å². The van der Waals surface area contributed by atoms with E-state index in [0.717, 1.165) is 23.3 Å². The van der Waals surface area contributed by atoms with Crippen molar-refractivity contribution < 1.29 is 19.2 Å². The SMILES string of the molecule is CCCN(Cc1csc([N+](=O)[O-])c1)[C@@H](COC)C(=O)OCC. The molecule has 0 aromatic carbocycles. The van der Waals surface area contributed by atoms with Crippen LogP contribution >= 0.6 is 11.3 Å². The van der Waals surface area contributed by atoms with Gasteiger partial charge in [-0.2, -0.15) is 0 Å². The van der Waals surface area contributed by atoms with E-state index < -0.39 is 11.0 Å². The first-order valence-corrected chi connectivity index (χ1v) is 8.02. The molecule has 22 heavy (non-hydrogen) atoms. The fraction of sp³-hybridized carbons (Fsp3) is 0.643. The summed E-state index contributed by atoms with van der Waals surface area (Å²) in [6.45, 7) is 5.43. The van der Waals surface area contributed by atoms with Gasteiger partial charge in [-0.25, -0.2) is 0 Å². The van der Waals surface area contributed by atoms with Gasteiger partial charge in [-0.15, -0.1) is 0 Å². The Labute approximate surface area is 134 Å². The fourth-order valence-electron chi connectivity index (χ4n) is 2.13. The number of esters is 1. The maximum absolute atomic E-state index is 12.1. The molecule has 0 bridgehead atoms. The molecule has 0 aliphatic rings. The van der Waals surface area contributed by atoms with Crippen molar-refractivity contribution in [1.29, 1.82) is 0 Å². The monoisotopic (exact) mass is 330 g/mol. The van der Waals surface area contributed by atoms with E-state index in [0.29, 0.717) is 19.7 Å². The van der Waals surface area contributed by atoms with Crippen LogP contribution in [-0.2, 0) is 20.8 Å². The van der Waals surface area contributed by atoms with Crippen molar-refractivity contribution in [2.45, 2.75) is 32.9 Å². The van der Waals surface area contributed by atoms with Gasteiger partial charge in [0, 0.05) is 25.1 Å². The van der Waals surface area contributed by atoms with Gasteiger partial charge in [0.2, 0.25) is 0 Å². The number of ether oxygens (including phenoxy) is 2. The number of hydrogen-bond donors (Lipinski definition) is 0. The van der Waals surface area contributed by atoms with Crippen LogP contribution in [0.25, 0.3) is 0 Å². The highest BCUT2D eigenvalue weighted by molar-refractivity contribution is 7.13. The Morgan fingerprint density at radius 2 is 2.23 bits per heavy atom. The Morgan fingerprint density at radius 3 is 2.73 bits per heavy atom. The summed E-state index contributed by atoms with van der Waals surface area (Å²) in [5.74, 6) is -0.331. The number of hydrogen-bond acceptors (Lipinski definition) is 7. The maximum Gasteiger partial charge on any atom is 0.325 e. The molecule has 0 N–H and O–H groups in total. The van der Waals surface area contributed by atoms with Gasteiger partial charge in [-0.1, -0.05) is 18.3 Å². The maximum atomic E-state index is 12.1. The number of nitro groups is 1. The lowest BCUT2D eigenvalue weighted by atomic mass is 10.2. The van der Waals surface area contributed by atoms with Crippen LogP contribution in [0.1, 0.15) is 25.8 Å². The predicted octanol–water partition coefficient (Wildman–Crippen LogP) is 2.45. The normalized spacial score (nSPS) is 12.4. The third-order valence-electron chi connectivity index (χ3n) is 3.04. The molecule has 0 fully saturated rings. The van der Waals surface area contributed by atoms with Crippen molar-refractivity contribution in [2.24, 2.45) is 0 Å². The van der Waals surface area contributed by atoms with Gasteiger partial charge in [0.15, 0.2) is 0 Å². The predicted molar refractivity (Wildman–Crippen MR) is 84.0 cm³/mol. The number of thiophene rings is 1. The first-order chi connectivity index (χ1) is 10.5. The highest BCUT2D eigenvalue weighted by atomic mass is 32.1. The molecule has 1 atom stereocenters. The van der Waals surface area contributed by atoms with Crippen molar-refractivity contribution in [1.82, 2.24) is 4.90 Å². The molecule has 1 aromatic heterocycles. The topological polar surface area (TPSA) is 81.9 Å². The highest BCUT2D eigenvalue weighted by Gasteiger charge is 2.27. The molecular formula is C14H22N2O5S. The number of nitrogens with zero attached hydrogens (tertiary/aromatic N) is 2. The summed E-state index contributed by atoms with van der Waals surface area (Å²) in [5, 5.41) is 12.6. The molecule has 0 spiro atoms. The van der Waals surface area contributed by atoms with Crippen LogP contribution in [-0.4, -0.2) is 48.7 Å². The first kappa shape index (κ1) is 18.5. The first-order valence-electron chi connectivity index (χ1n) is 7.14. The van der Waals surface area contributed by atoms with Gasteiger partial charge >= 0.3 is 11.0 Å². The zero-order valence-electron chi connectivity index (χ0n) is 13.1. The summed E-state index contributed by atoms with van der Waals surface area (Å²) >= 11 is 1.09. The number of rotatable bonds is 10. The average Bonchev–Trinajstić information content (AvgIpc) is 2.93. The lowest BCUT2D eigenvalue weighted by Crippen LogP contribution is -2.45. The molecule has 0 aliphatic heterocycles. The zero-order chi connectivity index (χ0) is 16.5. The molecule has 1 aromatic rings. The van der Waals surface area contributed by atoms with E-state index in [2.05, 4.69) is 0 Å². The number of carbonyl (C=O) groups is 1. The van der Waals surface area contributed by atoms with E-state index in [4.69, 9.17) is 9.47 Å². The minimum atomic E-state index is -0.510. The molecule has 0 saturated heterocycles. The third kappa shape index (κ3) is 5.36. The smallest absolute Gasteiger partial charge is 0.325 e. The standard InChI is InChI=1S/C14H22N2O5S/c1-4-6-15(12(9-20-3)14(17)21-5-2)8-11-7-13(16(18)19)22-10-11/h7,10,12H,4-6,8-9H2,1-3H3/t12-/m0/s1. The Bertz CT molecular complexity index is 491. The van der Waals surface area contributed by atoms with Gasteiger partial charge < -0.3 is 9.47 Å². The van der Waals surface area contributed by atoms with Crippen LogP contribution in [0.3, 0.4) is 0 Å². The molecule has 1 heterocycles. The second-order valence-electron chi connectivity index (χ2n) is 4.74. The summed E-state index contributed by atoms with van der Waals surface area (Å²) in [4.78, 5) is 24.4. The Hall–Kier alpha value is -1.51. The van der Waals surface area contributed by atoms with Crippen LogP contribution in [0.15, 0.2) is 11.4 Å². The summed E-state index contributed by atoms with van der Waals surface area (Å²) in [5.41, 5.74) is 0.815. The van der Waals surface area contributed by atoms with Crippen molar-refractivity contribution in [2.75, 3.05) is 26.9 Å². The van der Waals surface area contributed by atoms with Gasteiger partial charge in [-0.05, 0) is 25.5 Å². The van der Waals surface area contributed by atoms with Crippen molar-refractivity contribution in [3.8, 4) is 0 Å². The van der Waals surface area contributed by atoms with Crippen molar-refractivity contribution in [3.05, 3.63) is 27.1 Å². The second kappa shape index (κ2) is 9.50. The number of methoxy groups -OCH3 is 1. The molecule has 0 saturated carbocycles. The van der Waals surface area contributed by atoms with Gasteiger partial charge in [-0.3, -0.25) is 19.8 Å². The summed E-state index contributed by atoms with van der Waals surface area (Å²) in [6.07, 6.45) is 0.853. The Morgan fingerprint density at radius 1 is 1.50 bits per heavy atom. The molecule has 124 valence electrons. The zero-order valence-corrected chi connectivity index (χ0v) is 13.9. The van der Waals surface area contributed by atoms with Crippen molar-refractivity contribution >= 4 is 22.3 Å². The average molecular weight is 330 g/mol. The van der Waals surface area contributed by atoms with E-state index in [1.807, 2.05) is 11.8 Å². The van der Waals surface area contributed by atoms with Gasteiger partial charge in [0.05, 0.1) is 18.1 Å². The molecule has 1 rings (SSSR count). The molecule has 0 radical (unpaired) electrons. The Kier molecular flexibility index (Phi) is 8.00. The van der Waals surface area contributed by atoms with Gasteiger partial charge in [0.25, 0.3) is 0 Å². The Balaban J connectivity index is 2.87. The summed E-state index contributed by atoms with van der Waals surface area (Å²) in [7, 11) is 1.53.